The van der Waals surface area contributed by atoms with Gasteiger partial charge in [0, 0.05) is 13.1 Å². The summed E-state index contributed by atoms with van der Waals surface area (Å²) in [5, 5.41) is 13.1. The molecule has 0 radical (unpaired) electrons. The van der Waals surface area contributed by atoms with E-state index in [1.54, 1.807) is 11.3 Å². The molecule has 1 aromatic carbocycles. The SMILES string of the molecule is Cc1ccc2nc(N3CC(C(=O)Nc4nnc(C)s4)C3)sc2c1. The number of carbonyl (C=O) groups is 1. The topological polar surface area (TPSA) is 71.0 Å². The third kappa shape index (κ3) is 2.79. The zero-order valence-electron chi connectivity index (χ0n) is 12.7. The number of rotatable bonds is 3. The van der Waals surface area contributed by atoms with Crippen molar-refractivity contribution in [2.24, 2.45) is 5.92 Å². The lowest BCUT2D eigenvalue weighted by Crippen LogP contribution is -2.52. The Morgan fingerprint density at radius 1 is 1.26 bits per heavy atom. The molecule has 4 rings (SSSR count). The minimum absolute atomic E-state index is 0.00866. The predicted octanol–water partition coefficient (Wildman–Crippen LogP) is 2.84. The fourth-order valence-corrected chi connectivity index (χ4v) is 4.19. The van der Waals surface area contributed by atoms with Crippen LogP contribution in [0.4, 0.5) is 10.3 Å². The Bertz CT molecular complexity index is 881. The van der Waals surface area contributed by atoms with Gasteiger partial charge >= 0.3 is 0 Å². The molecule has 0 bridgehead atoms. The summed E-state index contributed by atoms with van der Waals surface area (Å²) in [4.78, 5) is 19.0. The number of amides is 1. The quantitative estimate of drug-likeness (QED) is 0.790. The molecule has 1 aliphatic rings. The van der Waals surface area contributed by atoms with E-state index in [4.69, 9.17) is 0 Å². The number of nitrogens with one attached hydrogen (secondary N) is 1. The molecule has 0 saturated carbocycles. The number of nitrogens with zero attached hydrogens (tertiary/aromatic N) is 4. The predicted molar refractivity (Wildman–Crippen MR) is 93.3 cm³/mol. The van der Waals surface area contributed by atoms with E-state index >= 15 is 0 Å². The molecule has 0 atom stereocenters. The molecule has 3 heterocycles. The first-order valence-electron chi connectivity index (χ1n) is 7.31. The lowest BCUT2D eigenvalue weighted by molar-refractivity contribution is -0.120. The van der Waals surface area contributed by atoms with E-state index in [0.717, 1.165) is 15.7 Å². The first-order chi connectivity index (χ1) is 11.1. The average Bonchev–Trinajstić information content (AvgIpc) is 3.03. The zero-order valence-corrected chi connectivity index (χ0v) is 14.4. The molecule has 3 aromatic rings. The highest BCUT2D eigenvalue weighted by Gasteiger charge is 2.34. The van der Waals surface area contributed by atoms with Crippen LogP contribution in [-0.2, 0) is 4.79 Å². The van der Waals surface area contributed by atoms with Gasteiger partial charge in [-0.3, -0.25) is 4.79 Å². The van der Waals surface area contributed by atoms with Crippen molar-refractivity contribution in [2.75, 3.05) is 23.3 Å². The summed E-state index contributed by atoms with van der Waals surface area (Å²) in [5.41, 5.74) is 2.26. The highest BCUT2D eigenvalue weighted by molar-refractivity contribution is 7.22. The molecule has 8 heteroatoms. The highest BCUT2D eigenvalue weighted by Crippen LogP contribution is 2.33. The number of aromatic nitrogens is 3. The number of hydrogen-bond acceptors (Lipinski definition) is 7. The van der Waals surface area contributed by atoms with Crippen LogP contribution in [0.15, 0.2) is 18.2 Å². The number of anilines is 2. The molecule has 1 saturated heterocycles. The van der Waals surface area contributed by atoms with Crippen LogP contribution in [0.3, 0.4) is 0 Å². The van der Waals surface area contributed by atoms with Crippen LogP contribution in [0.2, 0.25) is 0 Å². The van der Waals surface area contributed by atoms with Gasteiger partial charge in [0.1, 0.15) is 5.01 Å². The Balaban J connectivity index is 1.41. The Labute approximate surface area is 141 Å². The second-order valence-corrected chi connectivity index (χ2v) is 7.88. The minimum Gasteiger partial charge on any atom is -0.346 e. The molecule has 23 heavy (non-hydrogen) atoms. The first-order valence-corrected chi connectivity index (χ1v) is 8.95. The van der Waals surface area contributed by atoms with E-state index in [1.807, 2.05) is 13.0 Å². The van der Waals surface area contributed by atoms with E-state index in [1.165, 1.54) is 21.6 Å². The van der Waals surface area contributed by atoms with Crippen LogP contribution in [0, 0.1) is 19.8 Å². The van der Waals surface area contributed by atoms with Gasteiger partial charge in [-0.15, -0.1) is 10.2 Å². The van der Waals surface area contributed by atoms with Crippen molar-refractivity contribution in [1.82, 2.24) is 15.2 Å². The monoisotopic (exact) mass is 345 g/mol. The molecule has 6 nitrogen and oxygen atoms in total. The van der Waals surface area contributed by atoms with E-state index < -0.39 is 0 Å². The Hall–Kier alpha value is -2.06. The lowest BCUT2D eigenvalue weighted by Gasteiger charge is -2.37. The van der Waals surface area contributed by atoms with Crippen molar-refractivity contribution >= 4 is 49.1 Å². The normalized spacial score (nSPS) is 15.0. The van der Waals surface area contributed by atoms with Gasteiger partial charge in [0.25, 0.3) is 0 Å². The summed E-state index contributed by atoms with van der Waals surface area (Å²) in [7, 11) is 0. The van der Waals surface area contributed by atoms with Gasteiger partial charge in [0.05, 0.1) is 16.1 Å². The molecule has 1 amide bonds. The Kier molecular flexibility index (Phi) is 3.50. The second kappa shape index (κ2) is 5.54. The lowest BCUT2D eigenvalue weighted by atomic mass is 10.0. The molecule has 1 aliphatic heterocycles. The molecular weight excluding hydrogens is 330 g/mol. The van der Waals surface area contributed by atoms with Crippen LogP contribution >= 0.6 is 22.7 Å². The van der Waals surface area contributed by atoms with Crippen LogP contribution in [-0.4, -0.2) is 34.2 Å². The van der Waals surface area contributed by atoms with Gasteiger partial charge in [0.2, 0.25) is 11.0 Å². The zero-order chi connectivity index (χ0) is 16.0. The second-order valence-electron chi connectivity index (χ2n) is 5.69. The van der Waals surface area contributed by atoms with E-state index in [9.17, 15) is 4.79 Å². The molecule has 118 valence electrons. The van der Waals surface area contributed by atoms with Gasteiger partial charge in [-0.25, -0.2) is 4.98 Å². The fraction of sp³-hybridized carbons (Fsp3) is 0.333. The summed E-state index contributed by atoms with van der Waals surface area (Å²) >= 11 is 3.07. The third-order valence-electron chi connectivity index (χ3n) is 3.81. The molecule has 0 aliphatic carbocycles. The average molecular weight is 345 g/mol. The molecule has 1 N–H and O–H groups in total. The van der Waals surface area contributed by atoms with Crippen LogP contribution in [0.25, 0.3) is 10.2 Å². The summed E-state index contributed by atoms with van der Waals surface area (Å²) < 4.78 is 1.19. The first kappa shape index (κ1) is 14.5. The molecular formula is C15H15N5OS2. The summed E-state index contributed by atoms with van der Waals surface area (Å²) in [5.74, 6) is -0.0117. The smallest absolute Gasteiger partial charge is 0.232 e. The molecule has 1 fully saturated rings. The van der Waals surface area contributed by atoms with Crippen molar-refractivity contribution < 1.29 is 4.79 Å². The van der Waals surface area contributed by atoms with Gasteiger partial charge in [-0.05, 0) is 31.5 Å². The number of aryl methyl sites for hydroxylation is 2. The summed E-state index contributed by atoms with van der Waals surface area (Å²) in [6.07, 6.45) is 0. The van der Waals surface area contributed by atoms with Crippen molar-refractivity contribution in [1.29, 1.82) is 0 Å². The molecule has 0 unspecified atom stereocenters. The third-order valence-corrected chi connectivity index (χ3v) is 5.64. The number of carbonyl (C=O) groups excluding carboxylic acids is 1. The fourth-order valence-electron chi connectivity index (χ4n) is 2.51. The number of benzene rings is 1. The Morgan fingerprint density at radius 2 is 2.09 bits per heavy atom. The van der Waals surface area contributed by atoms with Gasteiger partial charge < -0.3 is 10.2 Å². The van der Waals surface area contributed by atoms with Gasteiger partial charge in [-0.2, -0.15) is 0 Å². The number of hydrogen-bond donors (Lipinski definition) is 1. The van der Waals surface area contributed by atoms with Crippen molar-refractivity contribution in [2.45, 2.75) is 13.8 Å². The van der Waals surface area contributed by atoms with Gasteiger partial charge in [-0.1, -0.05) is 28.7 Å². The standard InChI is InChI=1S/C15H15N5OS2/c1-8-3-4-11-12(5-8)23-15(16-11)20-6-10(7-20)13(21)17-14-19-18-9(2)22-14/h3-5,10H,6-7H2,1-2H3,(H,17,19,21). The maximum atomic E-state index is 12.2. The molecule has 2 aromatic heterocycles. The van der Waals surface area contributed by atoms with E-state index in [0.29, 0.717) is 18.2 Å². The summed E-state index contributed by atoms with van der Waals surface area (Å²) in [6.45, 7) is 5.34. The number of thiazole rings is 1. The molecule has 0 spiro atoms. The Morgan fingerprint density at radius 3 is 2.83 bits per heavy atom. The maximum absolute atomic E-state index is 12.2. The highest BCUT2D eigenvalue weighted by atomic mass is 32.1. The van der Waals surface area contributed by atoms with Crippen molar-refractivity contribution in [3.05, 3.63) is 28.8 Å². The van der Waals surface area contributed by atoms with Crippen LogP contribution < -0.4 is 10.2 Å². The van der Waals surface area contributed by atoms with E-state index in [-0.39, 0.29) is 11.8 Å². The maximum Gasteiger partial charge on any atom is 0.232 e. The largest absolute Gasteiger partial charge is 0.346 e. The van der Waals surface area contributed by atoms with Crippen LogP contribution in [0.1, 0.15) is 10.6 Å². The van der Waals surface area contributed by atoms with Gasteiger partial charge in [0.15, 0.2) is 5.13 Å². The van der Waals surface area contributed by atoms with Crippen LogP contribution in [0.5, 0.6) is 0 Å². The minimum atomic E-state index is -0.0204. The summed E-state index contributed by atoms with van der Waals surface area (Å²) in [6, 6.07) is 6.27. The van der Waals surface area contributed by atoms with Crippen molar-refractivity contribution in [3.63, 3.8) is 0 Å². The van der Waals surface area contributed by atoms with Crippen molar-refractivity contribution in [3.8, 4) is 0 Å². The number of fused-ring (bicyclic) bond motifs is 1. The van der Waals surface area contributed by atoms with E-state index in [2.05, 4.69) is 44.5 Å².